The van der Waals surface area contributed by atoms with E-state index in [9.17, 15) is 19.2 Å². The minimum absolute atomic E-state index is 0.0286. The zero-order valence-corrected chi connectivity index (χ0v) is 18.7. The topological polar surface area (TPSA) is 105 Å². The molecule has 0 atom stereocenters. The van der Waals surface area contributed by atoms with Gasteiger partial charge in [0.15, 0.2) is 0 Å². The zero-order chi connectivity index (χ0) is 22.3. The van der Waals surface area contributed by atoms with E-state index in [1.54, 1.807) is 32.6 Å². The first-order valence-electron chi connectivity index (χ1n) is 10.0. The summed E-state index contributed by atoms with van der Waals surface area (Å²) >= 11 is 1.01. The second kappa shape index (κ2) is 11.1. The van der Waals surface area contributed by atoms with E-state index in [4.69, 9.17) is 9.47 Å². The molecule has 30 heavy (non-hydrogen) atoms. The molecule has 1 aliphatic rings. The van der Waals surface area contributed by atoms with Crippen LogP contribution in [0.2, 0.25) is 0 Å². The van der Waals surface area contributed by atoms with Crippen LogP contribution in [0.1, 0.15) is 52.8 Å². The lowest BCUT2D eigenvalue weighted by Gasteiger charge is -2.20. The van der Waals surface area contributed by atoms with E-state index in [-0.39, 0.29) is 47.0 Å². The molecule has 9 nitrogen and oxygen atoms in total. The van der Waals surface area contributed by atoms with Crippen LogP contribution in [0.15, 0.2) is 0 Å². The van der Waals surface area contributed by atoms with Crippen LogP contribution < -0.4 is 5.32 Å². The van der Waals surface area contributed by atoms with Gasteiger partial charge in [-0.15, -0.1) is 11.3 Å². The average molecular weight is 440 g/mol. The van der Waals surface area contributed by atoms with Crippen molar-refractivity contribution >= 4 is 40.1 Å². The van der Waals surface area contributed by atoms with Gasteiger partial charge in [-0.25, -0.2) is 9.59 Å². The van der Waals surface area contributed by atoms with Crippen molar-refractivity contribution in [3.05, 3.63) is 16.0 Å². The average Bonchev–Trinajstić information content (AvgIpc) is 2.84. The van der Waals surface area contributed by atoms with Gasteiger partial charge in [-0.1, -0.05) is 0 Å². The summed E-state index contributed by atoms with van der Waals surface area (Å²) < 4.78 is 10.2. The Morgan fingerprint density at radius 1 is 1.00 bits per heavy atom. The first-order chi connectivity index (χ1) is 14.3. The number of rotatable bonds is 7. The number of carbonyl (C=O) groups excluding carboxylic acids is 4. The van der Waals surface area contributed by atoms with Crippen molar-refractivity contribution in [2.75, 3.05) is 51.3 Å². The molecule has 1 N–H and O–H groups in total. The summed E-state index contributed by atoms with van der Waals surface area (Å²) in [6.45, 7) is 9.60. The molecule has 1 saturated heterocycles. The summed E-state index contributed by atoms with van der Waals surface area (Å²) in [7, 11) is 0. The Labute approximate surface area is 180 Å². The third-order valence-corrected chi connectivity index (χ3v) is 5.93. The first kappa shape index (κ1) is 23.8. The number of nitrogens with one attached hydrogen (secondary N) is 1. The maximum absolute atomic E-state index is 12.7. The van der Waals surface area contributed by atoms with Gasteiger partial charge < -0.3 is 19.7 Å². The van der Waals surface area contributed by atoms with Crippen LogP contribution >= 0.6 is 11.3 Å². The van der Waals surface area contributed by atoms with E-state index >= 15 is 0 Å². The third-order valence-electron chi connectivity index (χ3n) is 4.74. The molecule has 1 aromatic rings. The van der Waals surface area contributed by atoms with E-state index in [1.165, 1.54) is 0 Å². The van der Waals surface area contributed by atoms with E-state index < -0.39 is 11.9 Å². The lowest BCUT2D eigenvalue weighted by Crippen LogP contribution is -2.37. The number of hydrogen-bond donors (Lipinski definition) is 1. The van der Waals surface area contributed by atoms with Gasteiger partial charge in [0, 0.05) is 33.1 Å². The molecule has 10 heteroatoms. The number of nitrogens with zero attached hydrogens (tertiary/aromatic N) is 2. The van der Waals surface area contributed by atoms with Crippen molar-refractivity contribution in [1.29, 1.82) is 0 Å². The molecule has 0 aromatic carbocycles. The van der Waals surface area contributed by atoms with Crippen LogP contribution in [0, 0.1) is 6.92 Å². The summed E-state index contributed by atoms with van der Waals surface area (Å²) in [5.41, 5.74) is 0.607. The molecule has 2 amide bonds. The first-order valence-corrected chi connectivity index (χ1v) is 10.8. The largest absolute Gasteiger partial charge is 0.462 e. The van der Waals surface area contributed by atoms with Gasteiger partial charge in [0.1, 0.15) is 9.88 Å². The second-order valence-corrected chi connectivity index (χ2v) is 7.91. The molecule has 1 aliphatic heterocycles. The predicted molar refractivity (Wildman–Crippen MR) is 113 cm³/mol. The van der Waals surface area contributed by atoms with E-state index in [0.717, 1.165) is 17.8 Å². The Balaban J connectivity index is 2.14. The SMILES string of the molecule is CCOC(=O)c1sc(NC(=O)CN2CCCN(C(C)=O)CC2)c(C(=O)OCC)c1C. The van der Waals surface area contributed by atoms with Crippen LogP contribution in [-0.4, -0.2) is 79.5 Å². The lowest BCUT2D eigenvalue weighted by molar-refractivity contribution is -0.128. The second-order valence-electron chi connectivity index (χ2n) is 6.89. The molecule has 0 spiro atoms. The van der Waals surface area contributed by atoms with Gasteiger partial charge >= 0.3 is 11.9 Å². The quantitative estimate of drug-likeness (QED) is 0.647. The number of esters is 2. The highest BCUT2D eigenvalue weighted by Gasteiger charge is 2.28. The number of thiophene rings is 1. The number of ether oxygens (including phenoxy) is 2. The summed E-state index contributed by atoms with van der Waals surface area (Å²) in [5.74, 6) is -1.40. The molecular weight excluding hydrogens is 410 g/mol. The Morgan fingerprint density at radius 2 is 1.67 bits per heavy atom. The maximum Gasteiger partial charge on any atom is 0.348 e. The number of anilines is 1. The molecule has 0 bridgehead atoms. The van der Waals surface area contributed by atoms with Crippen LogP contribution in [0.4, 0.5) is 5.00 Å². The van der Waals surface area contributed by atoms with Gasteiger partial charge in [0.2, 0.25) is 11.8 Å². The Morgan fingerprint density at radius 3 is 2.30 bits per heavy atom. The summed E-state index contributed by atoms with van der Waals surface area (Å²) in [4.78, 5) is 52.9. The highest BCUT2D eigenvalue weighted by molar-refractivity contribution is 7.18. The lowest BCUT2D eigenvalue weighted by atomic mass is 10.1. The van der Waals surface area contributed by atoms with E-state index in [1.807, 2.05) is 4.90 Å². The number of hydrogen-bond acceptors (Lipinski definition) is 8. The molecule has 2 rings (SSSR count). The number of amides is 2. The highest BCUT2D eigenvalue weighted by Crippen LogP contribution is 2.34. The van der Waals surface area contributed by atoms with Crippen LogP contribution in [0.25, 0.3) is 0 Å². The minimum atomic E-state index is -0.594. The van der Waals surface area contributed by atoms with E-state index in [2.05, 4.69) is 5.32 Å². The molecule has 0 radical (unpaired) electrons. The number of carbonyl (C=O) groups is 4. The Kier molecular flexibility index (Phi) is 8.79. The summed E-state index contributed by atoms with van der Waals surface area (Å²) in [6.07, 6.45) is 0.784. The summed E-state index contributed by atoms with van der Waals surface area (Å²) in [5, 5.41) is 3.04. The fourth-order valence-electron chi connectivity index (χ4n) is 3.26. The standard InChI is InChI=1S/C20H29N3O6S/c1-5-28-19(26)16-13(3)17(20(27)29-6-2)30-18(16)21-15(25)12-22-8-7-9-23(11-10-22)14(4)24/h5-12H2,1-4H3,(H,21,25). The predicted octanol–water partition coefficient (Wildman–Crippen LogP) is 1.90. The Bertz CT molecular complexity index is 807. The van der Waals surface area contributed by atoms with Crippen molar-refractivity contribution < 1.29 is 28.7 Å². The molecule has 2 heterocycles. The van der Waals surface area contributed by atoms with Gasteiger partial charge in [-0.05, 0) is 32.8 Å². The third kappa shape index (κ3) is 6.02. The van der Waals surface area contributed by atoms with Crippen molar-refractivity contribution in [3.8, 4) is 0 Å². The van der Waals surface area contributed by atoms with Crippen LogP contribution in [0.3, 0.4) is 0 Å². The van der Waals surface area contributed by atoms with Crippen molar-refractivity contribution in [2.24, 2.45) is 0 Å². The molecule has 0 unspecified atom stereocenters. The summed E-state index contributed by atoms with van der Waals surface area (Å²) in [6, 6.07) is 0. The normalized spacial score (nSPS) is 14.7. The van der Waals surface area contributed by atoms with E-state index in [0.29, 0.717) is 31.7 Å². The monoisotopic (exact) mass is 439 g/mol. The zero-order valence-electron chi connectivity index (χ0n) is 17.9. The Hall–Kier alpha value is -2.46. The molecule has 0 saturated carbocycles. The van der Waals surface area contributed by atoms with Crippen molar-refractivity contribution in [2.45, 2.75) is 34.1 Å². The maximum atomic E-state index is 12.7. The molecule has 166 valence electrons. The molecular formula is C20H29N3O6S. The van der Waals surface area contributed by atoms with Crippen LogP contribution in [0.5, 0.6) is 0 Å². The molecule has 0 aliphatic carbocycles. The van der Waals surface area contributed by atoms with Crippen molar-refractivity contribution in [3.63, 3.8) is 0 Å². The minimum Gasteiger partial charge on any atom is -0.462 e. The van der Waals surface area contributed by atoms with Gasteiger partial charge in [-0.3, -0.25) is 14.5 Å². The molecule has 1 aromatic heterocycles. The van der Waals surface area contributed by atoms with Crippen LogP contribution in [-0.2, 0) is 19.1 Å². The van der Waals surface area contributed by atoms with Crippen molar-refractivity contribution in [1.82, 2.24) is 9.80 Å². The smallest absolute Gasteiger partial charge is 0.348 e. The van der Waals surface area contributed by atoms with Gasteiger partial charge in [0.25, 0.3) is 0 Å². The fourth-order valence-corrected chi connectivity index (χ4v) is 4.36. The van der Waals surface area contributed by atoms with Gasteiger partial charge in [0.05, 0.1) is 25.3 Å². The van der Waals surface area contributed by atoms with Gasteiger partial charge in [-0.2, -0.15) is 0 Å². The highest BCUT2D eigenvalue weighted by atomic mass is 32.1. The molecule has 1 fully saturated rings. The fraction of sp³-hybridized carbons (Fsp3) is 0.600.